The topological polar surface area (TPSA) is 61.5 Å². The lowest BCUT2D eigenvalue weighted by Gasteiger charge is -2.12. The highest BCUT2D eigenvalue weighted by molar-refractivity contribution is 5.91. The number of carbonyl (C=O) groups is 1. The first-order valence-corrected chi connectivity index (χ1v) is 5.77. The Labute approximate surface area is 102 Å². The van der Waals surface area contributed by atoms with Crippen LogP contribution < -0.4 is 10.5 Å². The zero-order chi connectivity index (χ0) is 12.8. The number of rotatable bonds is 5. The van der Waals surface area contributed by atoms with Crippen LogP contribution in [0.2, 0.25) is 0 Å². The molecule has 0 heterocycles. The number of hydrogen-bond donors (Lipinski definition) is 1. The second kappa shape index (κ2) is 6.13. The van der Waals surface area contributed by atoms with Crippen molar-refractivity contribution < 1.29 is 14.3 Å². The predicted octanol–water partition coefficient (Wildman–Crippen LogP) is 2.41. The molecule has 0 radical (unpaired) electrons. The minimum atomic E-state index is -0.344. The number of benzene rings is 1. The highest BCUT2D eigenvalue weighted by atomic mass is 16.5. The van der Waals surface area contributed by atoms with Crippen molar-refractivity contribution in [3.63, 3.8) is 0 Å². The van der Waals surface area contributed by atoms with Gasteiger partial charge in [-0.15, -0.1) is 0 Å². The van der Waals surface area contributed by atoms with Crippen LogP contribution in [0.4, 0.5) is 5.69 Å². The van der Waals surface area contributed by atoms with Gasteiger partial charge in [0.15, 0.2) is 0 Å². The molecule has 2 N–H and O–H groups in total. The first-order valence-electron chi connectivity index (χ1n) is 5.77. The Bertz CT molecular complexity index is 402. The van der Waals surface area contributed by atoms with E-state index in [1.165, 1.54) is 7.11 Å². The molecule has 0 fully saturated rings. The molecule has 94 valence electrons. The Balaban J connectivity index is 3.14. The molecule has 4 heteroatoms. The largest absolute Gasteiger partial charge is 0.495 e. The van der Waals surface area contributed by atoms with E-state index in [0.29, 0.717) is 23.6 Å². The summed E-state index contributed by atoms with van der Waals surface area (Å²) in [4.78, 5) is 11.7. The molecule has 0 aliphatic carbocycles. The number of aryl methyl sites for hydroxylation is 1. The molecule has 0 unspecified atom stereocenters. The van der Waals surface area contributed by atoms with Crippen molar-refractivity contribution >= 4 is 11.7 Å². The van der Waals surface area contributed by atoms with E-state index in [0.717, 1.165) is 18.4 Å². The molecule has 0 aliphatic heterocycles. The molecule has 0 amide bonds. The fourth-order valence-electron chi connectivity index (χ4n) is 1.66. The normalized spacial score (nSPS) is 10.1. The minimum absolute atomic E-state index is 0.344. The molecule has 1 rings (SSSR count). The van der Waals surface area contributed by atoms with Crippen LogP contribution in [-0.4, -0.2) is 19.7 Å². The molecule has 0 saturated carbocycles. The van der Waals surface area contributed by atoms with Gasteiger partial charge in [-0.2, -0.15) is 0 Å². The molecule has 0 atom stereocenters. The Morgan fingerprint density at radius 1 is 1.35 bits per heavy atom. The lowest BCUT2D eigenvalue weighted by Crippen LogP contribution is -2.08. The van der Waals surface area contributed by atoms with Crippen molar-refractivity contribution in [2.75, 3.05) is 19.5 Å². The van der Waals surface area contributed by atoms with Crippen molar-refractivity contribution in [2.24, 2.45) is 0 Å². The van der Waals surface area contributed by atoms with Crippen LogP contribution in [-0.2, 0) is 11.2 Å². The fraction of sp³-hybridized carbons (Fsp3) is 0.462. The zero-order valence-corrected chi connectivity index (χ0v) is 10.6. The van der Waals surface area contributed by atoms with Crippen LogP contribution in [0, 0.1) is 0 Å². The number of ether oxygens (including phenoxy) is 2. The van der Waals surface area contributed by atoms with Crippen LogP contribution in [0.25, 0.3) is 0 Å². The SMILES string of the molecule is CCCc1cc(C(=O)OCC)cc(OC)c1N. The van der Waals surface area contributed by atoms with Gasteiger partial charge in [-0.3, -0.25) is 0 Å². The molecule has 0 saturated heterocycles. The average Bonchev–Trinajstić information content (AvgIpc) is 2.32. The predicted molar refractivity (Wildman–Crippen MR) is 67.4 cm³/mol. The number of carbonyl (C=O) groups excluding carboxylic acids is 1. The molecule has 0 aliphatic rings. The standard InChI is InChI=1S/C13H19NO3/c1-4-6-9-7-10(13(15)17-5-2)8-11(16-3)12(9)14/h7-8H,4-6,14H2,1-3H3. The third kappa shape index (κ3) is 3.12. The van der Waals surface area contributed by atoms with E-state index in [1.54, 1.807) is 19.1 Å². The van der Waals surface area contributed by atoms with E-state index in [-0.39, 0.29) is 5.97 Å². The van der Waals surface area contributed by atoms with Gasteiger partial charge in [0.25, 0.3) is 0 Å². The van der Waals surface area contributed by atoms with Crippen LogP contribution in [0.15, 0.2) is 12.1 Å². The maximum absolute atomic E-state index is 11.7. The Hall–Kier alpha value is -1.71. The van der Waals surface area contributed by atoms with Crippen LogP contribution in [0.1, 0.15) is 36.2 Å². The van der Waals surface area contributed by atoms with Crippen molar-refractivity contribution in [3.8, 4) is 5.75 Å². The minimum Gasteiger partial charge on any atom is -0.495 e. The maximum Gasteiger partial charge on any atom is 0.338 e. The van der Waals surface area contributed by atoms with Gasteiger partial charge in [-0.1, -0.05) is 13.3 Å². The summed E-state index contributed by atoms with van der Waals surface area (Å²) < 4.78 is 10.1. The van der Waals surface area contributed by atoms with E-state index in [2.05, 4.69) is 6.92 Å². The summed E-state index contributed by atoms with van der Waals surface area (Å²) in [6.07, 6.45) is 1.77. The molecular weight excluding hydrogens is 218 g/mol. The van der Waals surface area contributed by atoms with E-state index >= 15 is 0 Å². The van der Waals surface area contributed by atoms with Crippen molar-refractivity contribution in [2.45, 2.75) is 26.7 Å². The van der Waals surface area contributed by atoms with Crippen LogP contribution >= 0.6 is 0 Å². The Morgan fingerprint density at radius 2 is 2.06 bits per heavy atom. The highest BCUT2D eigenvalue weighted by Gasteiger charge is 2.13. The number of nitrogen functional groups attached to an aromatic ring is 1. The van der Waals surface area contributed by atoms with Crippen molar-refractivity contribution in [1.82, 2.24) is 0 Å². The fourth-order valence-corrected chi connectivity index (χ4v) is 1.66. The summed E-state index contributed by atoms with van der Waals surface area (Å²) in [5.74, 6) is 0.183. The zero-order valence-electron chi connectivity index (χ0n) is 10.6. The molecule has 1 aromatic rings. The number of anilines is 1. The van der Waals surface area contributed by atoms with Crippen LogP contribution in [0.5, 0.6) is 5.75 Å². The van der Waals surface area contributed by atoms with Gasteiger partial charge in [0.1, 0.15) is 5.75 Å². The first kappa shape index (κ1) is 13.4. The number of nitrogens with two attached hydrogens (primary N) is 1. The Morgan fingerprint density at radius 3 is 2.59 bits per heavy atom. The number of hydrogen-bond acceptors (Lipinski definition) is 4. The van der Waals surface area contributed by atoms with Gasteiger partial charge in [-0.25, -0.2) is 4.79 Å². The first-order chi connectivity index (χ1) is 8.13. The molecule has 17 heavy (non-hydrogen) atoms. The summed E-state index contributed by atoms with van der Waals surface area (Å²) in [6, 6.07) is 3.39. The van der Waals surface area contributed by atoms with E-state index in [4.69, 9.17) is 15.2 Å². The highest BCUT2D eigenvalue weighted by Crippen LogP contribution is 2.28. The summed E-state index contributed by atoms with van der Waals surface area (Å²) >= 11 is 0. The van der Waals surface area contributed by atoms with Gasteiger partial charge in [0.05, 0.1) is 25.0 Å². The Kier molecular flexibility index (Phi) is 4.82. The molecular formula is C13H19NO3. The maximum atomic E-state index is 11.7. The summed E-state index contributed by atoms with van der Waals surface area (Å²) in [5.41, 5.74) is 7.96. The summed E-state index contributed by atoms with van der Waals surface area (Å²) in [5, 5.41) is 0. The van der Waals surface area contributed by atoms with Gasteiger partial charge in [-0.05, 0) is 31.0 Å². The second-order valence-corrected chi connectivity index (χ2v) is 3.72. The molecule has 0 bridgehead atoms. The summed E-state index contributed by atoms with van der Waals surface area (Å²) in [7, 11) is 1.54. The van der Waals surface area contributed by atoms with Gasteiger partial charge < -0.3 is 15.2 Å². The number of methoxy groups -OCH3 is 1. The van der Waals surface area contributed by atoms with E-state index in [1.807, 2.05) is 0 Å². The molecule has 1 aromatic carbocycles. The number of esters is 1. The smallest absolute Gasteiger partial charge is 0.338 e. The third-order valence-electron chi connectivity index (χ3n) is 2.48. The average molecular weight is 237 g/mol. The lowest BCUT2D eigenvalue weighted by atomic mass is 10.0. The molecule has 4 nitrogen and oxygen atoms in total. The molecule has 0 aromatic heterocycles. The quantitative estimate of drug-likeness (QED) is 0.631. The monoisotopic (exact) mass is 237 g/mol. The summed E-state index contributed by atoms with van der Waals surface area (Å²) in [6.45, 7) is 4.19. The van der Waals surface area contributed by atoms with Gasteiger partial charge in [0.2, 0.25) is 0 Å². The van der Waals surface area contributed by atoms with E-state index in [9.17, 15) is 4.79 Å². The lowest BCUT2D eigenvalue weighted by molar-refractivity contribution is 0.0526. The molecule has 0 spiro atoms. The second-order valence-electron chi connectivity index (χ2n) is 3.72. The van der Waals surface area contributed by atoms with Gasteiger partial charge in [0, 0.05) is 0 Å². The third-order valence-corrected chi connectivity index (χ3v) is 2.48. The van der Waals surface area contributed by atoms with Crippen LogP contribution in [0.3, 0.4) is 0 Å². The van der Waals surface area contributed by atoms with Crippen molar-refractivity contribution in [3.05, 3.63) is 23.3 Å². The van der Waals surface area contributed by atoms with Crippen molar-refractivity contribution in [1.29, 1.82) is 0 Å². The van der Waals surface area contributed by atoms with Gasteiger partial charge >= 0.3 is 5.97 Å². The van der Waals surface area contributed by atoms with E-state index < -0.39 is 0 Å².